The lowest BCUT2D eigenvalue weighted by molar-refractivity contribution is -0.0514. The van der Waals surface area contributed by atoms with E-state index in [4.69, 9.17) is 0 Å². The summed E-state index contributed by atoms with van der Waals surface area (Å²) in [5, 5.41) is 0. The maximum Gasteiger partial charge on any atom is 0.358 e. The molecule has 0 aliphatic heterocycles. The average Bonchev–Trinajstić information content (AvgIpc) is 1.64. The first kappa shape index (κ1) is 9.01. The van der Waals surface area contributed by atoms with Crippen LogP contribution >= 0.6 is 0 Å². The summed E-state index contributed by atoms with van der Waals surface area (Å²) < 4.78 is 35.1. The highest BCUT2D eigenvalue weighted by Crippen LogP contribution is 2.21. The largest absolute Gasteiger partial charge is 0.358 e. The molecule has 0 radical (unpaired) electrons. The molecule has 0 spiro atoms. The van der Waals surface area contributed by atoms with Crippen molar-refractivity contribution in [3.63, 3.8) is 0 Å². The number of alkyl halides is 3. The third-order valence-electron chi connectivity index (χ3n) is 1.28. The fraction of sp³-hybridized carbons (Fsp3) is 1.00. The van der Waals surface area contributed by atoms with Crippen LogP contribution in [0.3, 0.4) is 0 Å². The van der Waals surface area contributed by atoms with E-state index in [1.165, 1.54) is 6.55 Å². The molecule has 0 saturated heterocycles. The second-order valence-electron chi connectivity index (χ2n) is 2.23. The first-order valence-electron chi connectivity index (χ1n) is 3.05. The standard InChI is InChI=1S/C5H11F3Si/c1-3-4-9(2)5(6,7)8/h9H,3-4H2,1-2H3. The van der Waals surface area contributed by atoms with Crippen molar-refractivity contribution in [2.45, 2.75) is 31.7 Å². The van der Waals surface area contributed by atoms with Gasteiger partial charge in [0.05, 0.1) is 0 Å². The first-order valence-corrected chi connectivity index (χ1v) is 5.60. The van der Waals surface area contributed by atoms with E-state index in [9.17, 15) is 13.2 Å². The van der Waals surface area contributed by atoms with Crippen molar-refractivity contribution in [2.75, 3.05) is 0 Å². The SMILES string of the molecule is CCC[SiH](C)C(F)(F)F. The zero-order chi connectivity index (χ0) is 7.49. The minimum absolute atomic E-state index is 0.378. The lowest BCUT2D eigenvalue weighted by Crippen LogP contribution is -2.29. The van der Waals surface area contributed by atoms with Crippen molar-refractivity contribution in [2.24, 2.45) is 0 Å². The third-order valence-corrected chi connectivity index (χ3v) is 3.84. The van der Waals surface area contributed by atoms with Crippen molar-refractivity contribution < 1.29 is 13.2 Å². The first-order chi connectivity index (χ1) is 3.98. The van der Waals surface area contributed by atoms with Gasteiger partial charge in [-0.2, -0.15) is 13.2 Å². The van der Waals surface area contributed by atoms with Gasteiger partial charge in [-0.1, -0.05) is 25.9 Å². The molecule has 0 fully saturated rings. The van der Waals surface area contributed by atoms with Crippen molar-refractivity contribution in [3.8, 4) is 0 Å². The van der Waals surface area contributed by atoms with E-state index in [0.717, 1.165) is 0 Å². The Kier molecular flexibility index (Phi) is 3.25. The second-order valence-corrected chi connectivity index (χ2v) is 5.27. The Balaban J connectivity index is 3.59. The zero-order valence-corrected chi connectivity index (χ0v) is 6.78. The fourth-order valence-corrected chi connectivity index (χ4v) is 1.79. The Labute approximate surface area is 54.7 Å². The third kappa shape index (κ3) is 3.56. The molecular weight excluding hydrogens is 145 g/mol. The van der Waals surface area contributed by atoms with Crippen molar-refractivity contribution >= 4 is 8.80 Å². The van der Waals surface area contributed by atoms with Crippen LogP contribution in [0.5, 0.6) is 0 Å². The van der Waals surface area contributed by atoms with Gasteiger partial charge >= 0.3 is 5.80 Å². The van der Waals surface area contributed by atoms with Crippen LogP contribution < -0.4 is 0 Å². The Bertz CT molecular complexity index is 78.8. The quantitative estimate of drug-likeness (QED) is 0.538. The van der Waals surface area contributed by atoms with Crippen LogP contribution in [0.2, 0.25) is 12.6 Å². The molecule has 0 aromatic carbocycles. The minimum atomic E-state index is -3.85. The molecule has 56 valence electrons. The minimum Gasteiger partial charge on any atom is -0.177 e. The van der Waals surface area contributed by atoms with E-state index in [-0.39, 0.29) is 0 Å². The van der Waals surface area contributed by atoms with Gasteiger partial charge in [0.2, 0.25) is 0 Å². The summed E-state index contributed by atoms with van der Waals surface area (Å²) in [7, 11) is -2.39. The van der Waals surface area contributed by atoms with Gasteiger partial charge in [-0.25, -0.2) is 0 Å². The predicted octanol–water partition coefficient (Wildman–Crippen LogP) is 2.35. The molecule has 0 nitrogen and oxygen atoms in total. The molecule has 0 heterocycles. The van der Waals surface area contributed by atoms with E-state index < -0.39 is 14.6 Å². The predicted molar refractivity (Wildman–Crippen MR) is 34.2 cm³/mol. The average molecular weight is 156 g/mol. The molecule has 9 heavy (non-hydrogen) atoms. The van der Waals surface area contributed by atoms with E-state index >= 15 is 0 Å². The molecule has 0 N–H and O–H groups in total. The van der Waals surface area contributed by atoms with Crippen LogP contribution in [-0.4, -0.2) is 14.6 Å². The molecule has 0 aromatic heterocycles. The molecular formula is C5H11F3Si. The molecule has 1 unspecified atom stereocenters. The second kappa shape index (κ2) is 3.24. The summed E-state index contributed by atoms with van der Waals surface area (Å²) in [6.07, 6.45) is 0.660. The topological polar surface area (TPSA) is 0 Å². The van der Waals surface area contributed by atoms with Crippen LogP contribution in [0.25, 0.3) is 0 Å². The van der Waals surface area contributed by atoms with Gasteiger partial charge < -0.3 is 0 Å². The number of hydrogen-bond donors (Lipinski definition) is 0. The van der Waals surface area contributed by atoms with E-state index in [0.29, 0.717) is 12.5 Å². The lowest BCUT2D eigenvalue weighted by atomic mass is 10.6. The summed E-state index contributed by atoms with van der Waals surface area (Å²) in [5.74, 6) is -3.85. The highest BCUT2D eigenvalue weighted by molar-refractivity contribution is 6.59. The van der Waals surface area contributed by atoms with Crippen LogP contribution in [-0.2, 0) is 0 Å². The van der Waals surface area contributed by atoms with E-state index in [1.54, 1.807) is 6.92 Å². The monoisotopic (exact) mass is 156 g/mol. The van der Waals surface area contributed by atoms with Gasteiger partial charge in [0.15, 0.2) is 8.80 Å². The fourth-order valence-electron chi connectivity index (χ4n) is 0.597. The Morgan fingerprint density at radius 2 is 1.78 bits per heavy atom. The van der Waals surface area contributed by atoms with Crippen LogP contribution in [0.4, 0.5) is 13.2 Å². The van der Waals surface area contributed by atoms with Crippen LogP contribution in [0.1, 0.15) is 13.3 Å². The highest BCUT2D eigenvalue weighted by Gasteiger charge is 2.35. The summed E-state index contributed by atoms with van der Waals surface area (Å²) in [4.78, 5) is 0. The molecule has 0 aliphatic rings. The summed E-state index contributed by atoms with van der Waals surface area (Å²) in [5.41, 5.74) is 0. The molecule has 4 heteroatoms. The smallest absolute Gasteiger partial charge is 0.177 e. The van der Waals surface area contributed by atoms with Gasteiger partial charge in [-0.15, -0.1) is 0 Å². The maximum atomic E-state index is 11.7. The number of halogens is 3. The van der Waals surface area contributed by atoms with Gasteiger partial charge in [0, 0.05) is 0 Å². The van der Waals surface area contributed by atoms with Crippen LogP contribution in [0.15, 0.2) is 0 Å². The lowest BCUT2D eigenvalue weighted by Gasteiger charge is -2.11. The van der Waals surface area contributed by atoms with Gasteiger partial charge in [-0.05, 0) is 0 Å². The number of rotatable bonds is 2. The Morgan fingerprint density at radius 3 is 1.89 bits per heavy atom. The number of hydrogen-bond acceptors (Lipinski definition) is 0. The Hall–Kier alpha value is 0.00688. The molecule has 0 bridgehead atoms. The van der Waals surface area contributed by atoms with Gasteiger partial charge in [-0.3, -0.25) is 0 Å². The molecule has 0 aliphatic carbocycles. The van der Waals surface area contributed by atoms with Gasteiger partial charge in [0.1, 0.15) is 0 Å². The van der Waals surface area contributed by atoms with E-state index in [2.05, 4.69) is 0 Å². The summed E-state index contributed by atoms with van der Waals surface area (Å²) in [6, 6.07) is 0.378. The molecule has 0 aromatic rings. The van der Waals surface area contributed by atoms with E-state index in [1.807, 2.05) is 0 Å². The highest BCUT2D eigenvalue weighted by atomic mass is 28.3. The zero-order valence-electron chi connectivity index (χ0n) is 5.63. The van der Waals surface area contributed by atoms with Crippen molar-refractivity contribution in [1.29, 1.82) is 0 Å². The Morgan fingerprint density at radius 1 is 1.33 bits per heavy atom. The van der Waals surface area contributed by atoms with Crippen molar-refractivity contribution in [1.82, 2.24) is 0 Å². The van der Waals surface area contributed by atoms with Crippen molar-refractivity contribution in [3.05, 3.63) is 0 Å². The maximum absolute atomic E-state index is 11.7. The molecule has 1 atom stereocenters. The molecule has 0 amide bonds. The molecule has 0 saturated carbocycles. The van der Waals surface area contributed by atoms with Crippen LogP contribution in [0, 0.1) is 0 Å². The summed E-state index contributed by atoms with van der Waals surface area (Å²) >= 11 is 0. The summed E-state index contributed by atoms with van der Waals surface area (Å²) in [6.45, 7) is 3.14. The van der Waals surface area contributed by atoms with Gasteiger partial charge in [0.25, 0.3) is 0 Å². The molecule has 0 rings (SSSR count). The normalized spacial score (nSPS) is 15.7.